The fraction of sp³-hybridized carbons (Fsp3) is 0.286. The number of ether oxygens (including phenoxy) is 1. The molecule has 144 valence electrons. The lowest BCUT2D eigenvalue weighted by Gasteiger charge is -2.15. The van der Waals surface area contributed by atoms with Gasteiger partial charge in [0.25, 0.3) is 0 Å². The zero-order chi connectivity index (χ0) is 19.6. The minimum Gasteiger partial charge on any atom is -0.447 e. The zero-order valence-electron chi connectivity index (χ0n) is 15.6. The van der Waals surface area contributed by atoms with Crippen LogP contribution < -0.4 is 10.6 Å². The minimum atomic E-state index is -0.690. The van der Waals surface area contributed by atoms with Crippen molar-refractivity contribution in [3.8, 4) is 0 Å². The average molecular weight is 370 g/mol. The maximum atomic E-state index is 11.4. The molecule has 4 N–H and O–H groups in total. The number of aliphatic hydroxyl groups excluding tert-OH is 2. The molecule has 2 aromatic carbocycles. The summed E-state index contributed by atoms with van der Waals surface area (Å²) in [7, 11) is 0. The van der Waals surface area contributed by atoms with E-state index >= 15 is 0 Å². The third-order valence-corrected chi connectivity index (χ3v) is 4.08. The van der Waals surface area contributed by atoms with Crippen LogP contribution in [-0.2, 0) is 11.2 Å². The lowest BCUT2D eigenvalue weighted by Crippen LogP contribution is -2.19. The van der Waals surface area contributed by atoms with Crippen molar-refractivity contribution in [3.63, 3.8) is 0 Å². The van der Waals surface area contributed by atoms with E-state index in [9.17, 15) is 9.90 Å². The van der Waals surface area contributed by atoms with Gasteiger partial charge in [-0.2, -0.15) is 0 Å². The van der Waals surface area contributed by atoms with Crippen molar-refractivity contribution in [2.24, 2.45) is 0 Å². The van der Waals surface area contributed by atoms with Crippen molar-refractivity contribution in [1.29, 1.82) is 0 Å². The van der Waals surface area contributed by atoms with Gasteiger partial charge in [-0.25, -0.2) is 4.79 Å². The number of hydrogen-bond acceptors (Lipinski definition) is 5. The van der Waals surface area contributed by atoms with Gasteiger partial charge in [0.15, 0.2) is 0 Å². The molecular weight excluding hydrogens is 344 g/mol. The van der Waals surface area contributed by atoms with E-state index in [0.29, 0.717) is 5.69 Å². The van der Waals surface area contributed by atoms with Crippen LogP contribution in [0.5, 0.6) is 0 Å². The molecule has 6 heteroatoms. The van der Waals surface area contributed by atoms with Gasteiger partial charge >= 0.3 is 6.09 Å². The summed E-state index contributed by atoms with van der Waals surface area (Å²) in [4.78, 5) is 11.4. The summed E-state index contributed by atoms with van der Waals surface area (Å²) in [5, 5.41) is 24.3. The summed E-state index contributed by atoms with van der Waals surface area (Å²) >= 11 is 0. The van der Waals surface area contributed by atoms with Crippen LogP contribution in [0.25, 0.3) is 0 Å². The fourth-order valence-electron chi connectivity index (χ4n) is 2.38. The van der Waals surface area contributed by atoms with Crippen molar-refractivity contribution in [2.45, 2.75) is 26.5 Å². The Bertz CT molecular complexity index is 755. The smallest absolute Gasteiger partial charge is 0.411 e. The third-order valence-electron chi connectivity index (χ3n) is 4.08. The number of hydrogen-bond donors (Lipinski definition) is 4. The SMILES string of the molecule is CC=C(C)C(O)Nc1ccc(Cc2ccc(NC(=O)OCCO)cc2)cc1. The first-order valence-electron chi connectivity index (χ1n) is 8.81. The van der Waals surface area contributed by atoms with Crippen LogP contribution in [0.4, 0.5) is 16.2 Å². The molecule has 1 atom stereocenters. The molecule has 0 aliphatic rings. The molecule has 0 fully saturated rings. The molecule has 0 aromatic heterocycles. The zero-order valence-corrected chi connectivity index (χ0v) is 15.6. The van der Waals surface area contributed by atoms with E-state index < -0.39 is 12.3 Å². The molecule has 0 aliphatic carbocycles. The number of carbonyl (C=O) groups is 1. The van der Waals surface area contributed by atoms with E-state index in [2.05, 4.69) is 10.6 Å². The summed E-state index contributed by atoms with van der Waals surface area (Å²) in [6.07, 6.45) is 1.35. The highest BCUT2D eigenvalue weighted by Crippen LogP contribution is 2.17. The number of aliphatic hydroxyl groups is 2. The first-order valence-corrected chi connectivity index (χ1v) is 8.81. The van der Waals surface area contributed by atoms with Crippen LogP contribution in [0.2, 0.25) is 0 Å². The fourth-order valence-corrected chi connectivity index (χ4v) is 2.38. The van der Waals surface area contributed by atoms with E-state index in [1.807, 2.05) is 68.5 Å². The first-order chi connectivity index (χ1) is 13.0. The second-order valence-electron chi connectivity index (χ2n) is 6.13. The Hall–Kier alpha value is -2.83. The Labute approximate surface area is 159 Å². The Kier molecular flexibility index (Phi) is 7.85. The molecule has 1 amide bonds. The Morgan fingerprint density at radius 2 is 1.63 bits per heavy atom. The molecule has 6 nitrogen and oxygen atoms in total. The van der Waals surface area contributed by atoms with Crippen molar-refractivity contribution in [1.82, 2.24) is 0 Å². The maximum Gasteiger partial charge on any atom is 0.411 e. The van der Waals surface area contributed by atoms with E-state index in [1.54, 1.807) is 0 Å². The largest absolute Gasteiger partial charge is 0.447 e. The normalized spacial score (nSPS) is 12.4. The van der Waals surface area contributed by atoms with Crippen LogP contribution in [0.3, 0.4) is 0 Å². The minimum absolute atomic E-state index is 0.0277. The molecular formula is C21H26N2O4. The Morgan fingerprint density at radius 3 is 2.15 bits per heavy atom. The molecule has 0 bridgehead atoms. The van der Waals surface area contributed by atoms with E-state index in [-0.39, 0.29) is 13.2 Å². The highest BCUT2D eigenvalue weighted by Gasteiger charge is 2.06. The van der Waals surface area contributed by atoms with Crippen molar-refractivity contribution in [2.75, 3.05) is 23.8 Å². The predicted molar refractivity (Wildman–Crippen MR) is 107 cm³/mol. The molecule has 0 heterocycles. The van der Waals surface area contributed by atoms with Gasteiger partial charge in [0.05, 0.1) is 6.61 Å². The molecule has 2 rings (SSSR count). The van der Waals surface area contributed by atoms with Crippen molar-refractivity contribution >= 4 is 17.5 Å². The predicted octanol–water partition coefficient (Wildman–Crippen LogP) is 3.51. The average Bonchev–Trinajstić information content (AvgIpc) is 2.68. The van der Waals surface area contributed by atoms with Crippen molar-refractivity contribution < 1.29 is 19.7 Å². The Morgan fingerprint density at radius 1 is 1.07 bits per heavy atom. The van der Waals surface area contributed by atoms with Gasteiger partial charge in [-0.15, -0.1) is 0 Å². The van der Waals surface area contributed by atoms with Gasteiger partial charge in [0.1, 0.15) is 12.8 Å². The van der Waals surface area contributed by atoms with Crippen LogP contribution in [0, 0.1) is 0 Å². The molecule has 2 aromatic rings. The Balaban J connectivity index is 1.90. The lowest BCUT2D eigenvalue weighted by atomic mass is 10.0. The second-order valence-corrected chi connectivity index (χ2v) is 6.13. The van der Waals surface area contributed by atoms with Crippen LogP contribution in [0.15, 0.2) is 60.2 Å². The first kappa shape index (κ1) is 20.5. The van der Waals surface area contributed by atoms with Crippen LogP contribution in [0.1, 0.15) is 25.0 Å². The molecule has 1 unspecified atom stereocenters. The summed E-state index contributed by atoms with van der Waals surface area (Å²) in [5.41, 5.74) is 4.60. The molecule has 0 aliphatic heterocycles. The van der Waals surface area contributed by atoms with Gasteiger partial charge in [-0.1, -0.05) is 30.3 Å². The number of amides is 1. The number of anilines is 2. The lowest BCUT2D eigenvalue weighted by molar-refractivity contribution is 0.131. The van der Waals surface area contributed by atoms with E-state index in [4.69, 9.17) is 9.84 Å². The molecule has 0 saturated heterocycles. The highest BCUT2D eigenvalue weighted by molar-refractivity contribution is 5.84. The highest BCUT2D eigenvalue weighted by atomic mass is 16.6. The van der Waals surface area contributed by atoms with Gasteiger partial charge in [0, 0.05) is 11.4 Å². The molecule has 0 radical (unpaired) electrons. The molecule has 0 saturated carbocycles. The van der Waals surface area contributed by atoms with Gasteiger partial charge in [0.2, 0.25) is 0 Å². The van der Waals surface area contributed by atoms with Gasteiger partial charge in [-0.05, 0) is 61.2 Å². The number of allylic oxidation sites excluding steroid dienone is 1. The van der Waals surface area contributed by atoms with Gasteiger partial charge < -0.3 is 20.3 Å². The van der Waals surface area contributed by atoms with E-state index in [1.165, 1.54) is 0 Å². The maximum absolute atomic E-state index is 11.4. The topological polar surface area (TPSA) is 90.8 Å². The van der Waals surface area contributed by atoms with E-state index in [0.717, 1.165) is 28.8 Å². The molecule has 27 heavy (non-hydrogen) atoms. The monoisotopic (exact) mass is 370 g/mol. The van der Waals surface area contributed by atoms with Gasteiger partial charge in [-0.3, -0.25) is 5.32 Å². The van der Waals surface area contributed by atoms with Crippen molar-refractivity contribution in [3.05, 3.63) is 71.3 Å². The molecule has 0 spiro atoms. The third kappa shape index (κ3) is 6.77. The summed E-state index contributed by atoms with van der Waals surface area (Å²) in [6, 6.07) is 15.4. The quantitative estimate of drug-likeness (QED) is 0.422. The number of nitrogens with one attached hydrogen (secondary N) is 2. The number of rotatable bonds is 8. The summed E-state index contributed by atoms with van der Waals surface area (Å²) in [6.45, 7) is 3.54. The van der Waals surface area contributed by atoms with Crippen LogP contribution in [-0.4, -0.2) is 35.7 Å². The summed E-state index contributed by atoms with van der Waals surface area (Å²) in [5.74, 6) is 0. The number of benzene rings is 2. The second kappa shape index (κ2) is 10.4. The van der Waals surface area contributed by atoms with Crippen LogP contribution >= 0.6 is 0 Å². The summed E-state index contributed by atoms with van der Waals surface area (Å²) < 4.78 is 4.75. The number of carbonyl (C=O) groups excluding carboxylic acids is 1. The standard InChI is InChI=1S/C21H26N2O4/c1-3-15(2)20(25)22-18-8-4-16(5-9-18)14-17-6-10-19(11-7-17)23-21(26)27-13-12-24/h3-11,20,22,24-25H,12-14H2,1-2H3,(H,23,26).